The molecular formula is C10H13BrO2S. The van der Waals surface area contributed by atoms with Crippen LogP contribution in [-0.2, 0) is 4.74 Å². The molecule has 0 radical (unpaired) electrons. The highest BCUT2D eigenvalue weighted by Crippen LogP contribution is 2.40. The molecule has 1 aliphatic heterocycles. The summed E-state index contributed by atoms with van der Waals surface area (Å²) in [5, 5.41) is 9.76. The molecule has 0 saturated carbocycles. The molecule has 0 amide bonds. The van der Waals surface area contributed by atoms with Gasteiger partial charge in [-0.2, -0.15) is 0 Å². The van der Waals surface area contributed by atoms with Crippen LogP contribution in [0.5, 0.6) is 0 Å². The van der Waals surface area contributed by atoms with Crippen LogP contribution in [0.25, 0.3) is 0 Å². The minimum Gasteiger partial charge on any atom is -0.390 e. The first kappa shape index (κ1) is 10.6. The lowest BCUT2D eigenvalue weighted by Crippen LogP contribution is -2.16. The highest BCUT2D eigenvalue weighted by molar-refractivity contribution is 9.10. The van der Waals surface area contributed by atoms with Crippen molar-refractivity contribution in [1.82, 2.24) is 0 Å². The third-order valence-corrected chi connectivity index (χ3v) is 4.97. The zero-order valence-corrected chi connectivity index (χ0v) is 10.6. The Morgan fingerprint density at radius 1 is 1.36 bits per heavy atom. The van der Waals surface area contributed by atoms with Crippen molar-refractivity contribution in [2.75, 3.05) is 13.2 Å². The van der Waals surface area contributed by atoms with Gasteiger partial charge >= 0.3 is 0 Å². The van der Waals surface area contributed by atoms with Crippen molar-refractivity contribution in [3.05, 3.63) is 19.8 Å². The Bertz CT molecular complexity index is 348. The molecule has 2 nitrogen and oxygen atoms in total. The van der Waals surface area contributed by atoms with E-state index in [0.717, 1.165) is 4.47 Å². The lowest BCUT2D eigenvalue weighted by atomic mass is 9.97. The molecule has 1 aromatic rings. The number of hydrogen-bond donors (Lipinski definition) is 1. The van der Waals surface area contributed by atoms with E-state index in [9.17, 15) is 5.11 Å². The van der Waals surface area contributed by atoms with Gasteiger partial charge < -0.3 is 9.84 Å². The molecule has 78 valence electrons. The molecule has 1 saturated heterocycles. The second kappa shape index (κ2) is 3.93. The number of aryl methyl sites for hydroxylation is 2. The Labute approximate surface area is 96.0 Å². The zero-order valence-electron chi connectivity index (χ0n) is 8.21. The number of halogens is 1. The fourth-order valence-corrected chi connectivity index (χ4v) is 3.90. The zero-order chi connectivity index (χ0) is 10.3. The van der Waals surface area contributed by atoms with Crippen LogP contribution in [0, 0.1) is 13.8 Å². The quantitative estimate of drug-likeness (QED) is 0.855. The van der Waals surface area contributed by atoms with Crippen molar-refractivity contribution in [3.63, 3.8) is 0 Å². The molecule has 1 aromatic heterocycles. The summed E-state index contributed by atoms with van der Waals surface area (Å²) in [4.78, 5) is 2.56. The molecular weight excluding hydrogens is 264 g/mol. The van der Waals surface area contributed by atoms with Crippen LogP contribution >= 0.6 is 27.3 Å². The van der Waals surface area contributed by atoms with Crippen LogP contribution in [0.2, 0.25) is 0 Å². The van der Waals surface area contributed by atoms with Crippen molar-refractivity contribution in [1.29, 1.82) is 0 Å². The van der Waals surface area contributed by atoms with Crippen LogP contribution in [0.15, 0.2) is 4.47 Å². The summed E-state index contributed by atoms with van der Waals surface area (Å²) < 4.78 is 6.42. The first-order valence-corrected chi connectivity index (χ1v) is 6.23. The Hall–Kier alpha value is 0.100. The van der Waals surface area contributed by atoms with Gasteiger partial charge in [-0.3, -0.25) is 0 Å². The molecule has 4 heteroatoms. The summed E-state index contributed by atoms with van der Waals surface area (Å²) in [6, 6.07) is 0. The molecule has 0 unspecified atom stereocenters. The van der Waals surface area contributed by atoms with Crippen LogP contribution in [-0.4, -0.2) is 24.4 Å². The summed E-state index contributed by atoms with van der Waals surface area (Å²) >= 11 is 5.35. The van der Waals surface area contributed by atoms with Gasteiger partial charge in [0.25, 0.3) is 0 Å². The molecule has 2 atom stereocenters. The third kappa shape index (κ3) is 1.65. The molecule has 1 aliphatic rings. The summed E-state index contributed by atoms with van der Waals surface area (Å²) in [5.74, 6) is 0.148. The monoisotopic (exact) mass is 276 g/mol. The average Bonchev–Trinajstić information content (AvgIpc) is 2.60. The van der Waals surface area contributed by atoms with Crippen molar-refractivity contribution < 1.29 is 9.84 Å². The molecule has 0 aromatic carbocycles. The number of aliphatic hydroxyl groups excluding tert-OH is 1. The number of rotatable bonds is 1. The summed E-state index contributed by atoms with van der Waals surface area (Å²) in [6.07, 6.45) is -0.348. The molecule has 1 N–H and O–H groups in total. The first-order valence-electron chi connectivity index (χ1n) is 4.62. The van der Waals surface area contributed by atoms with Crippen molar-refractivity contribution in [2.45, 2.75) is 25.9 Å². The van der Waals surface area contributed by atoms with Gasteiger partial charge in [-0.25, -0.2) is 0 Å². The Kier molecular flexibility index (Phi) is 2.98. The SMILES string of the molecule is Cc1sc(C)c([C@@H]2COC[C@H]2O)c1Br. The molecule has 0 bridgehead atoms. The average molecular weight is 277 g/mol. The normalized spacial score (nSPS) is 27.1. The van der Waals surface area contributed by atoms with Gasteiger partial charge in [0.15, 0.2) is 0 Å². The van der Waals surface area contributed by atoms with E-state index in [1.807, 2.05) is 0 Å². The van der Waals surface area contributed by atoms with E-state index in [1.54, 1.807) is 11.3 Å². The Balaban J connectivity index is 2.39. The Morgan fingerprint density at radius 2 is 2.07 bits per heavy atom. The largest absolute Gasteiger partial charge is 0.390 e. The van der Waals surface area contributed by atoms with Crippen molar-refractivity contribution in [2.24, 2.45) is 0 Å². The molecule has 2 rings (SSSR count). The van der Waals surface area contributed by atoms with Gasteiger partial charge in [-0.05, 0) is 35.3 Å². The fraction of sp³-hybridized carbons (Fsp3) is 0.600. The minimum atomic E-state index is -0.348. The van der Waals surface area contributed by atoms with Crippen LogP contribution < -0.4 is 0 Å². The van der Waals surface area contributed by atoms with Gasteiger partial charge in [0.1, 0.15) is 0 Å². The highest BCUT2D eigenvalue weighted by Gasteiger charge is 2.31. The van der Waals surface area contributed by atoms with Gasteiger partial charge in [0.05, 0.1) is 19.3 Å². The molecule has 2 heterocycles. The predicted octanol–water partition coefficient (Wildman–Crippen LogP) is 2.60. The topological polar surface area (TPSA) is 29.5 Å². The first-order chi connectivity index (χ1) is 6.61. The standard InChI is InChI=1S/C10H13BrO2S/c1-5-9(10(11)6(2)14-5)7-3-13-4-8(7)12/h7-8,12H,3-4H2,1-2H3/t7-,8-/m1/s1. The van der Waals surface area contributed by atoms with Gasteiger partial charge in [-0.1, -0.05) is 0 Å². The molecule has 0 spiro atoms. The fourth-order valence-electron chi connectivity index (χ4n) is 1.92. The number of ether oxygens (including phenoxy) is 1. The summed E-state index contributed by atoms with van der Waals surface area (Å²) in [5.41, 5.74) is 1.23. The highest BCUT2D eigenvalue weighted by atomic mass is 79.9. The van der Waals surface area contributed by atoms with Crippen molar-refractivity contribution >= 4 is 27.3 Å². The van der Waals surface area contributed by atoms with E-state index >= 15 is 0 Å². The number of thiophene rings is 1. The molecule has 1 fully saturated rings. The van der Waals surface area contributed by atoms with E-state index < -0.39 is 0 Å². The van der Waals surface area contributed by atoms with Crippen LogP contribution in [0.1, 0.15) is 21.2 Å². The molecule has 0 aliphatic carbocycles. The minimum absolute atomic E-state index is 0.148. The maximum atomic E-state index is 9.76. The third-order valence-electron chi connectivity index (χ3n) is 2.65. The van der Waals surface area contributed by atoms with E-state index in [0.29, 0.717) is 13.2 Å². The van der Waals surface area contributed by atoms with E-state index in [-0.39, 0.29) is 12.0 Å². The second-order valence-electron chi connectivity index (χ2n) is 3.65. The lowest BCUT2D eigenvalue weighted by molar-refractivity contribution is 0.124. The van der Waals surface area contributed by atoms with E-state index in [4.69, 9.17) is 4.74 Å². The Morgan fingerprint density at radius 3 is 2.50 bits per heavy atom. The lowest BCUT2D eigenvalue weighted by Gasteiger charge is -2.13. The van der Waals surface area contributed by atoms with Gasteiger partial charge in [0.2, 0.25) is 0 Å². The maximum absolute atomic E-state index is 9.76. The van der Waals surface area contributed by atoms with E-state index in [2.05, 4.69) is 29.8 Å². The smallest absolute Gasteiger partial charge is 0.0864 e. The summed E-state index contributed by atoms with van der Waals surface area (Å²) in [6.45, 7) is 5.29. The summed E-state index contributed by atoms with van der Waals surface area (Å²) in [7, 11) is 0. The van der Waals surface area contributed by atoms with Crippen LogP contribution in [0.3, 0.4) is 0 Å². The second-order valence-corrected chi connectivity index (χ2v) is 5.88. The van der Waals surface area contributed by atoms with Gasteiger partial charge in [0, 0.05) is 20.1 Å². The molecule has 14 heavy (non-hydrogen) atoms. The number of hydrogen-bond acceptors (Lipinski definition) is 3. The predicted molar refractivity (Wildman–Crippen MR) is 61.1 cm³/mol. The van der Waals surface area contributed by atoms with Gasteiger partial charge in [-0.15, -0.1) is 11.3 Å². The maximum Gasteiger partial charge on any atom is 0.0864 e. The van der Waals surface area contributed by atoms with E-state index in [1.165, 1.54) is 15.3 Å². The number of aliphatic hydroxyl groups is 1. The van der Waals surface area contributed by atoms with Crippen molar-refractivity contribution in [3.8, 4) is 0 Å². The van der Waals surface area contributed by atoms with Crippen LogP contribution in [0.4, 0.5) is 0 Å².